The molecule has 1 heterocycles. The number of nitrogens with zero attached hydrogens (tertiary/aromatic N) is 2. The molecule has 120 valence electrons. The molecule has 23 heavy (non-hydrogen) atoms. The molecule has 0 aliphatic rings. The van der Waals surface area contributed by atoms with Crippen molar-refractivity contribution in [2.24, 2.45) is 0 Å². The van der Waals surface area contributed by atoms with Gasteiger partial charge in [-0.1, -0.05) is 43.3 Å². The lowest BCUT2D eigenvalue weighted by Gasteiger charge is -2.12. The molecule has 3 rings (SSSR count). The van der Waals surface area contributed by atoms with Gasteiger partial charge in [-0.15, -0.1) is 0 Å². The van der Waals surface area contributed by atoms with Crippen molar-refractivity contribution in [3.05, 3.63) is 54.1 Å². The van der Waals surface area contributed by atoms with Gasteiger partial charge in [0.2, 0.25) is 10.0 Å². The van der Waals surface area contributed by atoms with E-state index < -0.39 is 10.0 Å². The number of nitrogens with one attached hydrogen (secondary N) is 1. The van der Waals surface area contributed by atoms with E-state index in [1.807, 2.05) is 18.2 Å². The summed E-state index contributed by atoms with van der Waals surface area (Å²) in [5.74, 6) is 0.288. The molecule has 3 aromatic rings. The highest BCUT2D eigenvalue weighted by Crippen LogP contribution is 2.22. The van der Waals surface area contributed by atoms with Crippen LogP contribution in [0.5, 0.6) is 0 Å². The van der Waals surface area contributed by atoms with Crippen molar-refractivity contribution in [2.75, 3.05) is 6.54 Å². The van der Waals surface area contributed by atoms with E-state index in [1.54, 1.807) is 18.2 Å². The molecule has 0 radical (unpaired) electrons. The van der Waals surface area contributed by atoms with Gasteiger partial charge in [0.15, 0.2) is 0 Å². The van der Waals surface area contributed by atoms with Gasteiger partial charge < -0.3 is 0 Å². The predicted molar refractivity (Wildman–Crippen MR) is 92.1 cm³/mol. The number of hydrogen-bond acceptors (Lipinski definition) is 5. The largest absolute Gasteiger partial charge is 0.242 e. The van der Waals surface area contributed by atoms with Crippen LogP contribution in [0.1, 0.15) is 24.8 Å². The first kappa shape index (κ1) is 16.0. The molecule has 0 fully saturated rings. The smallest absolute Gasteiger partial charge is 0.211 e. The van der Waals surface area contributed by atoms with Gasteiger partial charge in [-0.05, 0) is 30.0 Å². The lowest BCUT2D eigenvalue weighted by Crippen LogP contribution is -2.26. The van der Waals surface area contributed by atoms with E-state index >= 15 is 0 Å². The standard InChI is InChI=1S/C16H17N3O2S2/c1-12(13-6-3-2-4-7-13)10-11-17-23(20,21)15-9-5-8-14-16(15)19-22-18-14/h2-9,12,17H,10-11H2,1H3/t12-/m0/s1. The van der Waals surface area contributed by atoms with Gasteiger partial charge in [-0.3, -0.25) is 0 Å². The molecule has 1 atom stereocenters. The Morgan fingerprint density at radius 2 is 1.87 bits per heavy atom. The van der Waals surface area contributed by atoms with Gasteiger partial charge in [0.05, 0.1) is 11.7 Å². The number of fused-ring (bicyclic) bond motifs is 1. The normalized spacial score (nSPS) is 13.3. The maximum Gasteiger partial charge on any atom is 0.242 e. The van der Waals surface area contributed by atoms with Crippen molar-refractivity contribution >= 4 is 32.8 Å². The molecule has 5 nitrogen and oxygen atoms in total. The summed E-state index contributed by atoms with van der Waals surface area (Å²) in [5.41, 5.74) is 2.24. The van der Waals surface area contributed by atoms with Crippen LogP contribution in [-0.2, 0) is 10.0 Å². The zero-order chi connectivity index (χ0) is 16.3. The second-order valence-electron chi connectivity index (χ2n) is 5.39. The van der Waals surface area contributed by atoms with Crippen LogP contribution in [0.15, 0.2) is 53.4 Å². The van der Waals surface area contributed by atoms with Crippen molar-refractivity contribution in [1.82, 2.24) is 13.5 Å². The highest BCUT2D eigenvalue weighted by molar-refractivity contribution is 7.89. The summed E-state index contributed by atoms with van der Waals surface area (Å²) in [6, 6.07) is 15.1. The first-order valence-electron chi connectivity index (χ1n) is 7.34. The molecule has 0 saturated heterocycles. The molecule has 0 amide bonds. The van der Waals surface area contributed by atoms with Gasteiger partial charge in [0, 0.05) is 6.54 Å². The maximum absolute atomic E-state index is 12.5. The first-order chi connectivity index (χ1) is 11.1. The lowest BCUT2D eigenvalue weighted by molar-refractivity contribution is 0.573. The molecule has 1 N–H and O–H groups in total. The average molecular weight is 347 g/mol. The van der Waals surface area contributed by atoms with Crippen LogP contribution in [0.2, 0.25) is 0 Å². The van der Waals surface area contributed by atoms with E-state index in [2.05, 4.69) is 32.5 Å². The van der Waals surface area contributed by atoms with Crippen molar-refractivity contribution in [2.45, 2.75) is 24.2 Å². The van der Waals surface area contributed by atoms with Gasteiger partial charge >= 0.3 is 0 Å². The number of rotatable bonds is 6. The third-order valence-electron chi connectivity index (χ3n) is 3.78. The molecule has 0 aliphatic heterocycles. The average Bonchev–Trinajstić information content (AvgIpc) is 3.03. The summed E-state index contributed by atoms with van der Waals surface area (Å²) in [4.78, 5) is 0.191. The van der Waals surface area contributed by atoms with Crippen molar-refractivity contribution < 1.29 is 8.42 Å². The Bertz CT molecular complexity index is 892. The molecule has 0 aliphatic carbocycles. The van der Waals surface area contributed by atoms with Crippen molar-refractivity contribution in [3.63, 3.8) is 0 Å². The summed E-state index contributed by atoms with van der Waals surface area (Å²) in [6.07, 6.45) is 0.731. The third-order valence-corrected chi connectivity index (χ3v) is 5.81. The molecule has 0 bridgehead atoms. The van der Waals surface area contributed by atoms with Gasteiger partial charge in [0.1, 0.15) is 15.9 Å². The van der Waals surface area contributed by atoms with E-state index in [9.17, 15) is 8.42 Å². The summed E-state index contributed by atoms with van der Waals surface area (Å²) >= 11 is 1.02. The highest BCUT2D eigenvalue weighted by atomic mass is 32.2. The Morgan fingerprint density at radius 3 is 2.65 bits per heavy atom. The Hall–Kier alpha value is -1.83. The summed E-state index contributed by atoms with van der Waals surface area (Å²) < 4.78 is 35.8. The third kappa shape index (κ3) is 3.57. The topological polar surface area (TPSA) is 72.0 Å². The fourth-order valence-corrected chi connectivity index (χ4v) is 4.25. The minimum atomic E-state index is -3.58. The van der Waals surface area contributed by atoms with Crippen LogP contribution in [0.25, 0.3) is 11.0 Å². The maximum atomic E-state index is 12.5. The highest BCUT2D eigenvalue weighted by Gasteiger charge is 2.19. The number of benzene rings is 2. The summed E-state index contributed by atoms with van der Waals surface area (Å²) in [7, 11) is -3.58. The second-order valence-corrected chi connectivity index (χ2v) is 7.65. The number of aromatic nitrogens is 2. The fourth-order valence-electron chi connectivity index (χ4n) is 2.43. The molecule has 1 aromatic heterocycles. The second kappa shape index (κ2) is 6.74. The minimum absolute atomic E-state index is 0.191. The number of hydrogen-bond donors (Lipinski definition) is 1. The first-order valence-corrected chi connectivity index (χ1v) is 9.55. The van der Waals surface area contributed by atoms with E-state index in [0.717, 1.165) is 18.1 Å². The Labute approximate surface area is 139 Å². The molecule has 0 saturated carbocycles. The Balaban J connectivity index is 1.69. The van der Waals surface area contributed by atoms with Gasteiger partial charge in [-0.2, -0.15) is 8.75 Å². The van der Waals surface area contributed by atoms with Crippen LogP contribution in [-0.4, -0.2) is 23.7 Å². The number of sulfonamides is 1. The molecule has 7 heteroatoms. The minimum Gasteiger partial charge on any atom is -0.211 e. The summed E-state index contributed by atoms with van der Waals surface area (Å²) in [6.45, 7) is 2.47. The molecule has 0 spiro atoms. The Kier molecular flexibility index (Phi) is 4.70. The Morgan fingerprint density at radius 1 is 1.09 bits per heavy atom. The monoisotopic (exact) mass is 347 g/mol. The summed E-state index contributed by atoms with van der Waals surface area (Å²) in [5, 5.41) is 0. The van der Waals surface area contributed by atoms with Gasteiger partial charge in [0.25, 0.3) is 0 Å². The fraction of sp³-hybridized carbons (Fsp3) is 0.250. The molecule has 2 aromatic carbocycles. The quantitative estimate of drug-likeness (QED) is 0.743. The van der Waals surface area contributed by atoms with E-state index in [4.69, 9.17) is 0 Å². The van der Waals surface area contributed by atoms with Crippen molar-refractivity contribution in [3.8, 4) is 0 Å². The van der Waals surface area contributed by atoms with Gasteiger partial charge in [-0.25, -0.2) is 13.1 Å². The zero-order valence-corrected chi connectivity index (χ0v) is 14.3. The molecule has 0 unspecified atom stereocenters. The van der Waals surface area contributed by atoms with Crippen LogP contribution in [0, 0.1) is 0 Å². The predicted octanol–water partition coefficient (Wildman–Crippen LogP) is 3.16. The molecular weight excluding hydrogens is 330 g/mol. The van der Waals surface area contributed by atoms with Crippen LogP contribution in [0.3, 0.4) is 0 Å². The SMILES string of the molecule is C[C@@H](CCNS(=O)(=O)c1cccc2nsnc12)c1ccccc1. The lowest BCUT2D eigenvalue weighted by atomic mass is 9.98. The van der Waals surface area contributed by atoms with Crippen LogP contribution < -0.4 is 4.72 Å². The molecular formula is C16H17N3O2S2. The van der Waals surface area contributed by atoms with E-state index in [0.29, 0.717) is 17.6 Å². The van der Waals surface area contributed by atoms with Crippen LogP contribution in [0.4, 0.5) is 0 Å². The van der Waals surface area contributed by atoms with Crippen molar-refractivity contribution in [1.29, 1.82) is 0 Å². The van der Waals surface area contributed by atoms with E-state index in [1.165, 1.54) is 5.56 Å². The zero-order valence-electron chi connectivity index (χ0n) is 12.6. The van der Waals surface area contributed by atoms with E-state index in [-0.39, 0.29) is 10.8 Å². The van der Waals surface area contributed by atoms with Crippen LogP contribution >= 0.6 is 11.7 Å².